The van der Waals surface area contributed by atoms with Gasteiger partial charge in [0, 0.05) is 23.4 Å². The van der Waals surface area contributed by atoms with Crippen molar-refractivity contribution in [2.45, 2.75) is 38.7 Å². The first-order chi connectivity index (χ1) is 17.1. The minimum absolute atomic E-state index is 0.0155. The Morgan fingerprint density at radius 2 is 1.97 bits per heavy atom. The first-order valence-corrected chi connectivity index (χ1v) is 11.7. The molecule has 0 bridgehead atoms. The van der Waals surface area contributed by atoms with Crippen LogP contribution in [0.3, 0.4) is 0 Å². The Morgan fingerprint density at radius 3 is 2.72 bits per heavy atom. The molecular weight excluding hydrogens is 494 g/mol. The smallest absolute Gasteiger partial charge is 0.412 e. The third-order valence-electron chi connectivity index (χ3n) is 6.02. The normalized spacial score (nSPS) is 13.7. The largest absolute Gasteiger partial charge is 0.449 e. The van der Waals surface area contributed by atoms with Crippen LogP contribution >= 0.6 is 11.6 Å². The first-order valence-electron chi connectivity index (χ1n) is 11.4. The number of rotatable bonds is 11. The lowest BCUT2D eigenvalue weighted by atomic mass is 9.76. The number of amides is 1. The monoisotopic (exact) mass is 520 g/mol. The summed E-state index contributed by atoms with van der Waals surface area (Å²) in [5.74, 6) is -1.08. The second-order valence-electron chi connectivity index (χ2n) is 8.81. The average Bonchev–Trinajstić information content (AvgIpc) is 2.84. The van der Waals surface area contributed by atoms with Crippen molar-refractivity contribution in [3.05, 3.63) is 70.9 Å². The van der Waals surface area contributed by atoms with Crippen molar-refractivity contribution in [1.29, 1.82) is 0 Å². The molecule has 7 nitrogen and oxygen atoms in total. The van der Waals surface area contributed by atoms with Gasteiger partial charge >= 0.3 is 6.09 Å². The number of hydrogen-bond acceptors (Lipinski definition) is 6. The highest BCUT2D eigenvalue weighted by Gasteiger charge is 2.35. The summed E-state index contributed by atoms with van der Waals surface area (Å²) in [6, 6.07) is 10.1. The molecule has 3 aromatic rings. The fourth-order valence-electron chi connectivity index (χ4n) is 3.92. The lowest BCUT2D eigenvalue weighted by Gasteiger charge is -2.30. The molecule has 1 aromatic heterocycles. The van der Waals surface area contributed by atoms with Crippen molar-refractivity contribution in [3.63, 3.8) is 0 Å². The van der Waals surface area contributed by atoms with Crippen LogP contribution < -0.4 is 5.32 Å². The van der Waals surface area contributed by atoms with Gasteiger partial charge in [0.05, 0.1) is 24.3 Å². The van der Waals surface area contributed by atoms with Crippen LogP contribution in [0.4, 0.5) is 19.4 Å². The molecular formula is C26H27ClF2N2O5. The Balaban J connectivity index is 1.60. The molecule has 0 aliphatic rings. The highest BCUT2D eigenvalue weighted by Crippen LogP contribution is 2.32. The number of ketones is 1. The highest BCUT2D eigenvalue weighted by molar-refractivity contribution is 6.31. The number of nitrogens with zero attached hydrogens (tertiary/aromatic N) is 1. The summed E-state index contributed by atoms with van der Waals surface area (Å²) in [6.07, 6.45) is -0.250. The molecule has 2 unspecified atom stereocenters. The molecule has 0 spiro atoms. The maximum Gasteiger partial charge on any atom is 0.412 e. The Morgan fingerprint density at radius 1 is 1.19 bits per heavy atom. The zero-order valence-electron chi connectivity index (χ0n) is 19.6. The van der Waals surface area contributed by atoms with Gasteiger partial charge in [-0.2, -0.15) is 0 Å². The second-order valence-corrected chi connectivity index (χ2v) is 9.19. The molecule has 1 amide bonds. The summed E-state index contributed by atoms with van der Waals surface area (Å²) in [4.78, 5) is 29.4. The van der Waals surface area contributed by atoms with E-state index in [1.54, 1.807) is 19.1 Å². The number of aromatic nitrogens is 1. The predicted molar refractivity (Wildman–Crippen MR) is 132 cm³/mol. The van der Waals surface area contributed by atoms with E-state index in [2.05, 4.69) is 10.3 Å². The number of pyridine rings is 1. The number of carbonyl (C=O) groups excluding carboxylic acids is 2. The minimum Gasteiger partial charge on any atom is -0.449 e. The summed E-state index contributed by atoms with van der Waals surface area (Å²) >= 11 is 5.98. The zero-order valence-corrected chi connectivity index (χ0v) is 20.4. The van der Waals surface area contributed by atoms with Crippen LogP contribution in [0, 0.1) is 17.0 Å². The van der Waals surface area contributed by atoms with Crippen molar-refractivity contribution in [3.8, 4) is 0 Å². The number of halogens is 3. The van der Waals surface area contributed by atoms with Gasteiger partial charge in [-0.25, -0.2) is 18.6 Å². The van der Waals surface area contributed by atoms with Crippen LogP contribution in [0.25, 0.3) is 10.8 Å². The van der Waals surface area contributed by atoms with E-state index in [4.69, 9.17) is 16.3 Å². The quantitative estimate of drug-likeness (QED) is 0.326. The van der Waals surface area contributed by atoms with Gasteiger partial charge in [-0.1, -0.05) is 30.7 Å². The fraction of sp³-hybridized carbons (Fsp3) is 0.346. The van der Waals surface area contributed by atoms with E-state index < -0.39 is 35.9 Å². The van der Waals surface area contributed by atoms with Crippen molar-refractivity contribution >= 4 is 40.1 Å². The molecule has 1 heterocycles. The van der Waals surface area contributed by atoms with E-state index in [1.807, 2.05) is 0 Å². The predicted octanol–water partition coefficient (Wildman–Crippen LogP) is 5.06. The number of carbonyl (C=O) groups is 2. The van der Waals surface area contributed by atoms with Gasteiger partial charge in [-0.15, -0.1) is 0 Å². The van der Waals surface area contributed by atoms with Crippen LogP contribution in [-0.4, -0.2) is 46.4 Å². The van der Waals surface area contributed by atoms with Gasteiger partial charge in [0.1, 0.15) is 23.2 Å². The molecule has 0 saturated carbocycles. The van der Waals surface area contributed by atoms with Crippen LogP contribution in [0.15, 0.2) is 48.7 Å². The molecule has 0 radical (unpaired) electrons. The van der Waals surface area contributed by atoms with E-state index in [0.29, 0.717) is 16.3 Å². The molecule has 3 rings (SSSR count). The van der Waals surface area contributed by atoms with E-state index >= 15 is 0 Å². The summed E-state index contributed by atoms with van der Waals surface area (Å²) in [5.41, 5.74) is -0.644. The molecule has 192 valence electrons. The molecule has 3 N–H and O–H groups in total. The lowest BCUT2D eigenvalue weighted by Crippen LogP contribution is -2.35. The fourth-order valence-corrected chi connectivity index (χ4v) is 4.14. The topological polar surface area (TPSA) is 109 Å². The number of anilines is 1. The Kier molecular flexibility index (Phi) is 9.31. The van der Waals surface area contributed by atoms with Crippen molar-refractivity contribution in [1.82, 2.24) is 4.98 Å². The summed E-state index contributed by atoms with van der Waals surface area (Å²) in [5, 5.41) is 22.9. The number of ether oxygens (including phenoxy) is 1. The summed E-state index contributed by atoms with van der Waals surface area (Å²) < 4.78 is 32.4. The van der Waals surface area contributed by atoms with Crippen LogP contribution in [0.1, 0.15) is 31.7 Å². The number of aryl methyl sites for hydroxylation is 1. The van der Waals surface area contributed by atoms with E-state index in [1.165, 1.54) is 36.5 Å². The third kappa shape index (κ3) is 7.19. The molecule has 0 aliphatic heterocycles. The van der Waals surface area contributed by atoms with Crippen molar-refractivity contribution < 1.29 is 33.3 Å². The third-order valence-corrected chi connectivity index (χ3v) is 6.45. The minimum atomic E-state index is -1.15. The number of aliphatic hydroxyl groups is 2. The van der Waals surface area contributed by atoms with E-state index in [0.717, 1.165) is 0 Å². The number of nitrogens with one attached hydrogen (secondary N) is 1. The zero-order chi connectivity index (χ0) is 26.3. The van der Waals surface area contributed by atoms with Gasteiger partial charge < -0.3 is 14.9 Å². The Labute approximate surface area is 212 Å². The molecule has 0 fully saturated rings. The number of hydrogen-bond donors (Lipinski definition) is 3. The SMILES string of the molecule is CC(CCOC(=O)Nc1cc2cc(F)ccc2cn1)(CC(O)CO)C(=O)CCc1cccc(F)c1Cl. The Hall–Kier alpha value is -3.14. The molecule has 2 atom stereocenters. The summed E-state index contributed by atoms with van der Waals surface area (Å²) in [6.45, 7) is 0.922. The standard InChI is InChI=1S/C26H27ClF2N2O5/c1-26(13-20(33)15-32,22(34)8-6-16-3-2-4-21(29)24(16)27)9-10-36-25(35)31-23-12-18-11-19(28)7-5-17(18)14-30-23/h2-5,7,11-12,14,20,32-33H,6,8-10,13,15H2,1H3,(H,30,31,35). The van der Waals surface area contributed by atoms with Crippen LogP contribution in [0.2, 0.25) is 5.02 Å². The molecule has 2 aromatic carbocycles. The van der Waals surface area contributed by atoms with Crippen LogP contribution in [-0.2, 0) is 16.0 Å². The molecule has 36 heavy (non-hydrogen) atoms. The molecule has 10 heteroatoms. The van der Waals surface area contributed by atoms with Gasteiger partial charge in [0.15, 0.2) is 0 Å². The number of fused-ring (bicyclic) bond motifs is 1. The number of Topliss-reactive ketones (excluding diaryl/α,β-unsaturated/α-hetero) is 1. The van der Waals surface area contributed by atoms with Crippen molar-refractivity contribution in [2.75, 3.05) is 18.5 Å². The van der Waals surface area contributed by atoms with Gasteiger partial charge in [0.2, 0.25) is 0 Å². The Bertz CT molecular complexity index is 1240. The first kappa shape index (κ1) is 27.4. The van der Waals surface area contributed by atoms with Gasteiger partial charge in [-0.3, -0.25) is 10.1 Å². The van der Waals surface area contributed by atoms with Crippen LogP contribution in [0.5, 0.6) is 0 Å². The maximum atomic E-state index is 13.7. The second kappa shape index (κ2) is 12.2. The number of aliphatic hydroxyl groups excluding tert-OH is 2. The molecule has 0 saturated heterocycles. The lowest BCUT2D eigenvalue weighted by molar-refractivity contribution is -0.131. The molecule has 0 aliphatic carbocycles. The summed E-state index contributed by atoms with van der Waals surface area (Å²) in [7, 11) is 0. The number of benzene rings is 2. The highest BCUT2D eigenvalue weighted by atomic mass is 35.5. The average molecular weight is 521 g/mol. The van der Waals surface area contributed by atoms with Gasteiger partial charge in [0.25, 0.3) is 0 Å². The maximum absolute atomic E-state index is 13.7. The van der Waals surface area contributed by atoms with Crippen molar-refractivity contribution in [2.24, 2.45) is 5.41 Å². The van der Waals surface area contributed by atoms with E-state index in [-0.39, 0.29) is 48.9 Å². The van der Waals surface area contributed by atoms with E-state index in [9.17, 15) is 28.6 Å². The van der Waals surface area contributed by atoms with Gasteiger partial charge in [-0.05, 0) is 60.5 Å².